The molecule has 10 heteroatoms. The third-order valence-electron chi connectivity index (χ3n) is 5.22. The quantitative estimate of drug-likeness (QED) is 0.451. The molecule has 35 heavy (non-hydrogen) atoms. The van der Waals surface area contributed by atoms with Gasteiger partial charge in [0.05, 0.1) is 12.0 Å². The maximum atomic E-state index is 12.8. The minimum Gasteiger partial charge on any atom is -0.506 e. The molecule has 0 radical (unpaired) electrons. The van der Waals surface area contributed by atoms with Crippen molar-refractivity contribution in [1.29, 1.82) is 0 Å². The van der Waals surface area contributed by atoms with E-state index in [2.05, 4.69) is 28.3 Å². The van der Waals surface area contributed by atoms with Gasteiger partial charge in [0.15, 0.2) is 0 Å². The zero-order valence-electron chi connectivity index (χ0n) is 21.0. The summed E-state index contributed by atoms with van der Waals surface area (Å²) in [5.41, 5.74) is 2.01. The van der Waals surface area contributed by atoms with Gasteiger partial charge in [-0.1, -0.05) is 44.2 Å². The average Bonchev–Trinajstić information content (AvgIpc) is 3.22. The van der Waals surface area contributed by atoms with E-state index in [1.54, 1.807) is 32.3 Å². The molecule has 3 rings (SSSR count). The molecule has 0 saturated heterocycles. The van der Waals surface area contributed by atoms with Crippen molar-refractivity contribution in [1.82, 2.24) is 9.55 Å². The number of hydrogen-bond acceptors (Lipinski definition) is 6. The van der Waals surface area contributed by atoms with Crippen LogP contribution >= 0.6 is 0 Å². The number of amides is 1. The normalized spacial score (nSPS) is 11.7. The molecule has 0 fully saturated rings. The van der Waals surface area contributed by atoms with Crippen molar-refractivity contribution in [3.8, 4) is 11.1 Å². The maximum Gasteiger partial charge on any atom is 1.00 e. The summed E-state index contributed by atoms with van der Waals surface area (Å²) >= 11 is 0. The van der Waals surface area contributed by atoms with Crippen LogP contribution in [0.2, 0.25) is 0 Å². The minimum absolute atomic E-state index is 0. The molecule has 3 aromatic rings. The number of nitrogens with zero attached hydrogens (tertiary/aromatic N) is 3. The third kappa shape index (κ3) is 7.72. The molecule has 0 aliphatic heterocycles. The third-order valence-corrected chi connectivity index (χ3v) is 6.52. The summed E-state index contributed by atoms with van der Waals surface area (Å²) in [6, 6.07) is 12.5. The van der Waals surface area contributed by atoms with E-state index >= 15 is 0 Å². The minimum atomic E-state index is -4.26. The van der Waals surface area contributed by atoms with Crippen LogP contribution < -0.4 is 51.4 Å². The first-order valence-corrected chi connectivity index (χ1v) is 12.4. The molecule has 0 aliphatic carbocycles. The number of imidazole rings is 1. The fourth-order valence-corrected chi connectivity index (χ4v) is 4.83. The zero-order valence-corrected chi connectivity index (χ0v) is 25.0. The van der Waals surface area contributed by atoms with Crippen LogP contribution in [0.3, 0.4) is 0 Å². The molecular formula is C25H30KN3O5S. The number of hydrogen-bond donors (Lipinski definition) is 1. The summed E-state index contributed by atoms with van der Waals surface area (Å²) in [5, 5.41) is 10.3. The van der Waals surface area contributed by atoms with Crippen LogP contribution in [-0.4, -0.2) is 36.3 Å². The molecule has 0 bridgehead atoms. The Bertz CT molecular complexity index is 1260. The van der Waals surface area contributed by atoms with Gasteiger partial charge in [-0.25, -0.2) is 13.4 Å². The van der Waals surface area contributed by atoms with E-state index in [4.69, 9.17) is 0 Å². The molecule has 1 aromatic heterocycles. The van der Waals surface area contributed by atoms with Gasteiger partial charge in [0.1, 0.15) is 21.4 Å². The largest absolute Gasteiger partial charge is 1.00 e. The number of carbonyl (C=O) groups is 1. The number of aromatic nitrogens is 2. The van der Waals surface area contributed by atoms with Gasteiger partial charge < -0.3 is 19.1 Å². The monoisotopic (exact) mass is 523 g/mol. The van der Waals surface area contributed by atoms with Crippen molar-refractivity contribution in [3.63, 3.8) is 0 Å². The van der Waals surface area contributed by atoms with Crippen LogP contribution in [0.4, 0.5) is 4.79 Å². The van der Waals surface area contributed by atoms with Gasteiger partial charge in [-0.3, -0.25) is 4.79 Å². The second-order valence-corrected chi connectivity index (χ2v) is 10.7. The number of methoxy groups -OCH3 is 1. The molecule has 2 aromatic carbocycles. The summed E-state index contributed by atoms with van der Waals surface area (Å²) < 4.78 is 35.2. The van der Waals surface area contributed by atoms with Crippen LogP contribution in [0, 0.1) is 5.92 Å². The maximum absolute atomic E-state index is 12.8. The van der Waals surface area contributed by atoms with Crippen molar-refractivity contribution < 1.29 is 74.4 Å². The van der Waals surface area contributed by atoms with Crippen molar-refractivity contribution in [3.05, 3.63) is 76.5 Å². The summed E-state index contributed by atoms with van der Waals surface area (Å²) in [6.45, 7) is 8.03. The number of carbonyl (C=O) groups excluding carboxylic acids is 1. The van der Waals surface area contributed by atoms with E-state index in [0.29, 0.717) is 29.4 Å². The molecular weight excluding hydrogens is 493 g/mol. The van der Waals surface area contributed by atoms with Crippen molar-refractivity contribution in [2.75, 3.05) is 7.11 Å². The molecule has 8 nitrogen and oxygen atoms in total. The van der Waals surface area contributed by atoms with Gasteiger partial charge in [0, 0.05) is 18.9 Å². The first-order chi connectivity index (χ1) is 15.9. The molecule has 1 amide bonds. The predicted molar refractivity (Wildman–Crippen MR) is 130 cm³/mol. The van der Waals surface area contributed by atoms with Crippen LogP contribution in [0.15, 0.2) is 59.8 Å². The van der Waals surface area contributed by atoms with Gasteiger partial charge in [-0.15, -0.1) is 0 Å². The Morgan fingerprint density at radius 2 is 1.77 bits per heavy atom. The Morgan fingerprint density at radius 1 is 1.14 bits per heavy atom. The van der Waals surface area contributed by atoms with Gasteiger partial charge >= 0.3 is 51.4 Å². The van der Waals surface area contributed by atoms with Crippen LogP contribution in [0.5, 0.6) is 0 Å². The zero-order chi connectivity index (χ0) is 25.1. The van der Waals surface area contributed by atoms with E-state index in [-0.39, 0.29) is 56.3 Å². The Kier molecular flexibility index (Phi) is 10.3. The molecule has 1 N–H and O–H groups in total. The standard InChI is InChI=1S/C25H31N3O5S.K/c1-17(2)14-19-8-11-22(34(31,32)27-24(29)33-5)21(15-19)20-9-6-18(7-10-20)16-28-13-12-26-23(28)25(3,4)30;/h6-13,15,17,30H,14,16H2,1-5H3,(H,27,29);/q;+1/p-1. The second-order valence-electron chi connectivity index (χ2n) is 9.10. The number of sulfonamides is 1. The molecule has 0 atom stereocenters. The number of aliphatic hydroxyl groups is 1. The molecule has 182 valence electrons. The van der Waals surface area contributed by atoms with Crippen LogP contribution in [0.25, 0.3) is 15.8 Å². The van der Waals surface area contributed by atoms with Crippen molar-refractivity contribution in [2.45, 2.75) is 51.2 Å². The summed E-state index contributed by atoms with van der Waals surface area (Å²) in [4.78, 5) is 15.8. The molecule has 0 aliphatic rings. The second kappa shape index (κ2) is 12.1. The van der Waals surface area contributed by atoms with Crippen LogP contribution in [-0.2, 0) is 33.3 Å². The topological polar surface area (TPSA) is 113 Å². The number of rotatable bonds is 8. The molecule has 0 saturated carbocycles. The van der Waals surface area contributed by atoms with Gasteiger partial charge in [-0.05, 0) is 60.6 Å². The Hall–Kier alpha value is -1.53. The van der Waals surface area contributed by atoms with E-state index in [1.807, 2.05) is 34.9 Å². The van der Waals surface area contributed by atoms with Crippen molar-refractivity contribution in [2.24, 2.45) is 5.92 Å². The first kappa shape index (κ1) is 29.7. The summed E-state index contributed by atoms with van der Waals surface area (Å²) in [7, 11) is -3.18. The van der Waals surface area contributed by atoms with Gasteiger partial charge in [-0.2, -0.15) is 0 Å². The molecule has 0 unspecified atom stereocenters. The van der Waals surface area contributed by atoms with Gasteiger partial charge in [0.25, 0.3) is 0 Å². The van der Waals surface area contributed by atoms with E-state index in [9.17, 15) is 18.3 Å². The SMILES string of the molecule is COC(=O)[N-]S(=O)(=O)c1ccc(CC(C)C)cc1-c1ccc(Cn2ccnc2C(C)(C)O)cc1.[K+]. The molecule has 0 spiro atoms. The molecule has 1 heterocycles. The Labute approximate surface area is 249 Å². The van der Waals surface area contributed by atoms with E-state index < -0.39 is 21.7 Å². The fourth-order valence-electron chi connectivity index (χ4n) is 3.76. The van der Waals surface area contributed by atoms with E-state index in [0.717, 1.165) is 24.7 Å². The fraction of sp³-hybridized carbons (Fsp3) is 0.360. The van der Waals surface area contributed by atoms with E-state index in [1.165, 1.54) is 6.07 Å². The van der Waals surface area contributed by atoms with Crippen molar-refractivity contribution >= 4 is 16.1 Å². The Balaban J connectivity index is 0.00000432. The number of ether oxygens (including phenoxy) is 1. The number of benzene rings is 2. The predicted octanol–water partition coefficient (Wildman–Crippen LogP) is 1.86. The summed E-state index contributed by atoms with van der Waals surface area (Å²) in [6.07, 6.45) is 3.05. The van der Waals surface area contributed by atoms with Gasteiger partial charge in [0.2, 0.25) is 6.09 Å². The summed E-state index contributed by atoms with van der Waals surface area (Å²) in [5.74, 6) is 0.938. The Morgan fingerprint density at radius 3 is 2.34 bits per heavy atom. The smallest absolute Gasteiger partial charge is 0.506 e. The average molecular weight is 524 g/mol. The van der Waals surface area contributed by atoms with Crippen LogP contribution in [0.1, 0.15) is 44.6 Å². The first-order valence-electron chi connectivity index (χ1n) is 10.9.